The standard InChI is InChI=1S/C10H9ClOS2/c1-6-2-3-13-10(6)9(12)8-4-7(11)5-14-8/h2-5,9,12H,1H3. The van der Waals surface area contributed by atoms with Crippen LogP contribution in [0, 0.1) is 6.92 Å². The zero-order valence-electron chi connectivity index (χ0n) is 7.53. The number of aliphatic hydroxyl groups is 1. The van der Waals surface area contributed by atoms with Crippen LogP contribution in [0.2, 0.25) is 5.02 Å². The maximum Gasteiger partial charge on any atom is 0.123 e. The molecule has 0 amide bonds. The Morgan fingerprint density at radius 2 is 2.21 bits per heavy atom. The van der Waals surface area contributed by atoms with Crippen LogP contribution in [0.1, 0.15) is 21.4 Å². The molecule has 0 saturated carbocycles. The van der Waals surface area contributed by atoms with Crippen LogP contribution in [-0.4, -0.2) is 5.11 Å². The summed E-state index contributed by atoms with van der Waals surface area (Å²) in [6, 6.07) is 3.83. The van der Waals surface area contributed by atoms with Crippen LogP contribution in [0.5, 0.6) is 0 Å². The van der Waals surface area contributed by atoms with Gasteiger partial charge in [-0.3, -0.25) is 0 Å². The van der Waals surface area contributed by atoms with Gasteiger partial charge in [0.05, 0.1) is 5.02 Å². The molecule has 2 aromatic heterocycles. The number of aliphatic hydroxyl groups excluding tert-OH is 1. The first-order valence-corrected chi connectivity index (χ1v) is 6.28. The molecule has 1 N–H and O–H groups in total. The summed E-state index contributed by atoms with van der Waals surface area (Å²) >= 11 is 8.87. The number of aryl methyl sites for hydroxylation is 1. The third-order valence-corrected chi connectivity index (χ3v) is 4.41. The molecule has 2 aromatic rings. The second kappa shape index (κ2) is 4.03. The van der Waals surface area contributed by atoms with E-state index in [1.165, 1.54) is 11.3 Å². The Bertz CT molecular complexity index is 433. The maximum atomic E-state index is 10.0. The molecule has 0 saturated heterocycles. The van der Waals surface area contributed by atoms with Gasteiger partial charge in [-0.05, 0) is 30.0 Å². The topological polar surface area (TPSA) is 20.2 Å². The summed E-state index contributed by atoms with van der Waals surface area (Å²) in [5.74, 6) is 0. The van der Waals surface area contributed by atoms with Gasteiger partial charge in [0, 0.05) is 15.1 Å². The highest BCUT2D eigenvalue weighted by Crippen LogP contribution is 2.33. The van der Waals surface area contributed by atoms with Crippen LogP contribution in [-0.2, 0) is 0 Å². The maximum absolute atomic E-state index is 10.0. The molecule has 2 heterocycles. The van der Waals surface area contributed by atoms with Crippen molar-refractivity contribution in [2.45, 2.75) is 13.0 Å². The molecule has 74 valence electrons. The molecule has 4 heteroatoms. The average Bonchev–Trinajstić information content (AvgIpc) is 2.73. The van der Waals surface area contributed by atoms with Gasteiger partial charge in [0.25, 0.3) is 0 Å². The molecule has 0 radical (unpaired) electrons. The first-order chi connectivity index (χ1) is 6.68. The molecule has 2 rings (SSSR count). The van der Waals surface area contributed by atoms with Gasteiger partial charge in [-0.2, -0.15) is 0 Å². The largest absolute Gasteiger partial charge is 0.382 e. The van der Waals surface area contributed by atoms with Crippen molar-refractivity contribution < 1.29 is 5.11 Å². The monoisotopic (exact) mass is 244 g/mol. The van der Waals surface area contributed by atoms with E-state index in [1.807, 2.05) is 29.8 Å². The highest BCUT2D eigenvalue weighted by molar-refractivity contribution is 7.12. The molecular weight excluding hydrogens is 236 g/mol. The van der Waals surface area contributed by atoms with E-state index in [1.54, 1.807) is 11.3 Å². The van der Waals surface area contributed by atoms with Crippen molar-refractivity contribution in [3.63, 3.8) is 0 Å². The van der Waals surface area contributed by atoms with Crippen LogP contribution < -0.4 is 0 Å². The Morgan fingerprint density at radius 1 is 1.43 bits per heavy atom. The van der Waals surface area contributed by atoms with Gasteiger partial charge in [-0.25, -0.2) is 0 Å². The highest BCUT2D eigenvalue weighted by atomic mass is 35.5. The van der Waals surface area contributed by atoms with Gasteiger partial charge in [0.2, 0.25) is 0 Å². The van der Waals surface area contributed by atoms with Gasteiger partial charge < -0.3 is 5.11 Å². The summed E-state index contributed by atoms with van der Waals surface area (Å²) in [6.07, 6.45) is -0.521. The van der Waals surface area contributed by atoms with E-state index < -0.39 is 6.10 Å². The highest BCUT2D eigenvalue weighted by Gasteiger charge is 2.15. The van der Waals surface area contributed by atoms with Crippen LogP contribution >= 0.6 is 34.3 Å². The molecule has 0 spiro atoms. The van der Waals surface area contributed by atoms with E-state index >= 15 is 0 Å². The third kappa shape index (κ3) is 1.86. The van der Waals surface area contributed by atoms with Crippen molar-refractivity contribution in [2.24, 2.45) is 0 Å². The number of hydrogen-bond acceptors (Lipinski definition) is 3. The van der Waals surface area contributed by atoms with Crippen LogP contribution in [0.3, 0.4) is 0 Å². The van der Waals surface area contributed by atoms with E-state index in [2.05, 4.69) is 0 Å². The molecule has 14 heavy (non-hydrogen) atoms. The van der Waals surface area contributed by atoms with Gasteiger partial charge in [0.1, 0.15) is 6.10 Å². The van der Waals surface area contributed by atoms with Crippen molar-refractivity contribution in [1.82, 2.24) is 0 Å². The molecule has 1 atom stereocenters. The van der Waals surface area contributed by atoms with Gasteiger partial charge in [0.15, 0.2) is 0 Å². The molecule has 0 aliphatic rings. The Morgan fingerprint density at radius 3 is 2.71 bits per heavy atom. The van der Waals surface area contributed by atoms with E-state index in [9.17, 15) is 5.11 Å². The Balaban J connectivity index is 2.33. The van der Waals surface area contributed by atoms with Crippen LogP contribution in [0.4, 0.5) is 0 Å². The summed E-state index contributed by atoms with van der Waals surface area (Å²) in [7, 11) is 0. The molecule has 0 aromatic carbocycles. The molecule has 0 aliphatic heterocycles. The predicted molar refractivity (Wildman–Crippen MR) is 62.4 cm³/mol. The number of halogens is 1. The Hall–Kier alpha value is -0.350. The lowest BCUT2D eigenvalue weighted by Gasteiger charge is -2.06. The summed E-state index contributed by atoms with van der Waals surface area (Å²) in [4.78, 5) is 1.91. The zero-order chi connectivity index (χ0) is 10.1. The van der Waals surface area contributed by atoms with Crippen molar-refractivity contribution in [2.75, 3.05) is 0 Å². The average molecular weight is 245 g/mol. The van der Waals surface area contributed by atoms with Crippen molar-refractivity contribution >= 4 is 34.3 Å². The quantitative estimate of drug-likeness (QED) is 0.851. The van der Waals surface area contributed by atoms with E-state index in [0.717, 1.165) is 15.3 Å². The van der Waals surface area contributed by atoms with E-state index in [-0.39, 0.29) is 0 Å². The van der Waals surface area contributed by atoms with Crippen molar-refractivity contribution in [1.29, 1.82) is 0 Å². The first kappa shape index (κ1) is 10.2. The van der Waals surface area contributed by atoms with Crippen LogP contribution in [0.15, 0.2) is 22.9 Å². The summed E-state index contributed by atoms with van der Waals surface area (Å²) in [5, 5.41) is 14.6. The fraction of sp³-hybridized carbons (Fsp3) is 0.200. The van der Waals surface area contributed by atoms with E-state index in [4.69, 9.17) is 11.6 Å². The number of rotatable bonds is 2. The molecule has 1 unspecified atom stereocenters. The lowest BCUT2D eigenvalue weighted by atomic mass is 10.2. The SMILES string of the molecule is Cc1ccsc1C(O)c1cc(Cl)cs1. The molecule has 0 fully saturated rings. The molecule has 0 bridgehead atoms. The first-order valence-electron chi connectivity index (χ1n) is 4.14. The number of hydrogen-bond donors (Lipinski definition) is 1. The second-order valence-electron chi connectivity index (χ2n) is 3.04. The molecular formula is C10H9ClOS2. The van der Waals surface area contributed by atoms with Crippen molar-refractivity contribution in [3.8, 4) is 0 Å². The Kier molecular flexibility index (Phi) is 2.93. The Labute approximate surface area is 95.6 Å². The van der Waals surface area contributed by atoms with Crippen molar-refractivity contribution in [3.05, 3.63) is 43.2 Å². The second-order valence-corrected chi connectivity index (χ2v) is 5.36. The molecule has 0 aliphatic carbocycles. The fourth-order valence-electron chi connectivity index (χ4n) is 1.27. The third-order valence-electron chi connectivity index (χ3n) is 2.01. The fourth-order valence-corrected chi connectivity index (χ4v) is 3.34. The lowest BCUT2D eigenvalue weighted by molar-refractivity contribution is 0.227. The minimum Gasteiger partial charge on any atom is -0.382 e. The summed E-state index contributed by atoms with van der Waals surface area (Å²) < 4.78 is 0. The summed E-state index contributed by atoms with van der Waals surface area (Å²) in [6.45, 7) is 2.00. The normalized spacial score (nSPS) is 13.1. The lowest BCUT2D eigenvalue weighted by Crippen LogP contribution is -1.95. The zero-order valence-corrected chi connectivity index (χ0v) is 9.92. The smallest absolute Gasteiger partial charge is 0.123 e. The molecule has 1 nitrogen and oxygen atoms in total. The van der Waals surface area contributed by atoms with E-state index in [0.29, 0.717) is 5.02 Å². The summed E-state index contributed by atoms with van der Waals surface area (Å²) in [5.41, 5.74) is 1.13. The van der Waals surface area contributed by atoms with Gasteiger partial charge in [-0.15, -0.1) is 22.7 Å². The minimum atomic E-state index is -0.521. The predicted octanol–water partition coefficient (Wildman–Crippen LogP) is 3.85. The van der Waals surface area contributed by atoms with Gasteiger partial charge in [-0.1, -0.05) is 11.6 Å². The van der Waals surface area contributed by atoms with Gasteiger partial charge >= 0.3 is 0 Å². The number of thiophene rings is 2. The minimum absolute atomic E-state index is 0.521. The van der Waals surface area contributed by atoms with Crippen LogP contribution in [0.25, 0.3) is 0 Å².